The van der Waals surface area contributed by atoms with Crippen molar-refractivity contribution in [3.05, 3.63) is 48.7 Å². The van der Waals surface area contributed by atoms with Crippen molar-refractivity contribution < 1.29 is 9.59 Å². The molecule has 0 aromatic carbocycles. The van der Waals surface area contributed by atoms with Gasteiger partial charge in [-0.2, -0.15) is 0 Å². The Bertz CT molecular complexity index is 343. The molecule has 0 radical (unpaired) electrons. The second-order valence-corrected chi connectivity index (χ2v) is 2.77. The molecule has 0 aliphatic carbocycles. The predicted molar refractivity (Wildman–Crippen MR) is 54.1 cm³/mol. The van der Waals surface area contributed by atoms with Crippen molar-refractivity contribution in [2.24, 2.45) is 0 Å². The zero-order valence-electron chi connectivity index (χ0n) is 7.93. The van der Waals surface area contributed by atoms with E-state index in [1.807, 2.05) is 0 Å². The zero-order chi connectivity index (χ0) is 10.6. The van der Waals surface area contributed by atoms with Crippen molar-refractivity contribution in [2.45, 2.75) is 6.92 Å². The van der Waals surface area contributed by atoms with Gasteiger partial charge in [0.2, 0.25) is 0 Å². The van der Waals surface area contributed by atoms with Crippen molar-refractivity contribution in [3.8, 4) is 0 Å². The molecule has 3 nitrogen and oxygen atoms in total. The molecule has 0 unspecified atom stereocenters. The van der Waals surface area contributed by atoms with Gasteiger partial charge in [0.1, 0.15) is 0 Å². The third-order valence-electron chi connectivity index (χ3n) is 1.75. The number of nitrogens with zero attached hydrogens (tertiary/aromatic N) is 1. The van der Waals surface area contributed by atoms with E-state index in [2.05, 4.69) is 6.58 Å². The van der Waals surface area contributed by atoms with Crippen LogP contribution in [0.3, 0.4) is 0 Å². The van der Waals surface area contributed by atoms with Gasteiger partial charge in [-0.3, -0.25) is 9.59 Å². The summed E-state index contributed by atoms with van der Waals surface area (Å²) in [6.07, 6.45) is 9.27. The first-order valence-corrected chi connectivity index (χ1v) is 4.19. The highest BCUT2D eigenvalue weighted by Crippen LogP contribution is 2.11. The SMILES string of the molecule is C=C/C=C\C=C(/C)N1C(=O)C=CC1=O. The van der Waals surface area contributed by atoms with E-state index in [9.17, 15) is 9.59 Å². The number of allylic oxidation sites excluding steroid dienone is 5. The van der Waals surface area contributed by atoms with Gasteiger partial charge in [0.25, 0.3) is 11.8 Å². The molecule has 0 spiro atoms. The second kappa shape index (κ2) is 4.37. The van der Waals surface area contributed by atoms with E-state index in [1.54, 1.807) is 31.2 Å². The van der Waals surface area contributed by atoms with E-state index in [1.165, 1.54) is 12.2 Å². The molecule has 0 fully saturated rings. The molecule has 72 valence electrons. The summed E-state index contributed by atoms with van der Waals surface area (Å²) in [5.41, 5.74) is 0.600. The molecule has 0 saturated heterocycles. The number of imide groups is 1. The van der Waals surface area contributed by atoms with Gasteiger partial charge in [-0.1, -0.05) is 24.8 Å². The molecule has 3 heteroatoms. The maximum atomic E-state index is 11.2. The van der Waals surface area contributed by atoms with Crippen LogP contribution in [0.1, 0.15) is 6.92 Å². The first kappa shape index (κ1) is 10.2. The summed E-state index contributed by atoms with van der Waals surface area (Å²) in [6.45, 7) is 5.21. The highest BCUT2D eigenvalue weighted by molar-refractivity contribution is 6.14. The van der Waals surface area contributed by atoms with Crippen molar-refractivity contribution in [2.75, 3.05) is 0 Å². The molecule has 0 aromatic heterocycles. The van der Waals surface area contributed by atoms with Gasteiger partial charge >= 0.3 is 0 Å². The third-order valence-corrected chi connectivity index (χ3v) is 1.75. The lowest BCUT2D eigenvalue weighted by Gasteiger charge is -2.12. The quantitative estimate of drug-likeness (QED) is 0.499. The van der Waals surface area contributed by atoms with Crippen molar-refractivity contribution >= 4 is 11.8 Å². The third kappa shape index (κ3) is 2.07. The Hall–Kier alpha value is -1.90. The van der Waals surface area contributed by atoms with Crippen LogP contribution in [0.25, 0.3) is 0 Å². The van der Waals surface area contributed by atoms with Gasteiger partial charge in [0.05, 0.1) is 0 Å². The van der Waals surface area contributed by atoms with Crippen LogP contribution < -0.4 is 0 Å². The number of carbonyl (C=O) groups is 2. The topological polar surface area (TPSA) is 37.4 Å². The van der Waals surface area contributed by atoms with Gasteiger partial charge in [-0.25, -0.2) is 4.90 Å². The van der Waals surface area contributed by atoms with E-state index < -0.39 is 0 Å². The van der Waals surface area contributed by atoms with Gasteiger partial charge in [0.15, 0.2) is 0 Å². The molecular formula is C11H11NO2. The molecule has 0 atom stereocenters. The Morgan fingerprint density at radius 2 is 1.86 bits per heavy atom. The Balaban J connectivity index is 2.79. The molecule has 1 heterocycles. The fraction of sp³-hybridized carbons (Fsp3) is 0.0909. The summed E-state index contributed by atoms with van der Waals surface area (Å²) < 4.78 is 0. The fourth-order valence-corrected chi connectivity index (χ4v) is 1.10. The summed E-state index contributed by atoms with van der Waals surface area (Å²) in [5.74, 6) is -0.591. The minimum atomic E-state index is -0.296. The van der Waals surface area contributed by atoms with Gasteiger partial charge in [-0.05, 0) is 13.0 Å². The lowest BCUT2D eigenvalue weighted by atomic mass is 10.3. The lowest BCUT2D eigenvalue weighted by molar-refractivity contribution is -0.134. The highest BCUT2D eigenvalue weighted by Gasteiger charge is 2.23. The van der Waals surface area contributed by atoms with Crippen LogP contribution in [0, 0.1) is 0 Å². The molecule has 0 bridgehead atoms. The maximum Gasteiger partial charge on any atom is 0.257 e. The average Bonchev–Trinajstić information content (AvgIpc) is 2.46. The summed E-state index contributed by atoms with van der Waals surface area (Å²) >= 11 is 0. The number of hydrogen-bond acceptors (Lipinski definition) is 2. The fourth-order valence-electron chi connectivity index (χ4n) is 1.10. The summed E-state index contributed by atoms with van der Waals surface area (Å²) in [6, 6.07) is 0. The minimum Gasteiger partial charge on any atom is -0.269 e. The normalized spacial score (nSPS) is 17.2. The Morgan fingerprint density at radius 1 is 1.29 bits per heavy atom. The first-order valence-electron chi connectivity index (χ1n) is 4.19. The standard InChI is InChI=1S/C11H11NO2/c1-3-4-5-6-9(2)12-10(13)7-8-11(12)14/h3-8H,1H2,2H3/b5-4-,9-6+. The second-order valence-electron chi connectivity index (χ2n) is 2.77. The smallest absolute Gasteiger partial charge is 0.257 e. The lowest BCUT2D eigenvalue weighted by Crippen LogP contribution is -2.27. The highest BCUT2D eigenvalue weighted by atomic mass is 16.2. The van der Waals surface area contributed by atoms with E-state index in [-0.39, 0.29) is 11.8 Å². The molecule has 1 aliphatic rings. The Morgan fingerprint density at radius 3 is 2.36 bits per heavy atom. The van der Waals surface area contributed by atoms with Crippen LogP contribution in [-0.2, 0) is 9.59 Å². The van der Waals surface area contributed by atoms with E-state index >= 15 is 0 Å². The predicted octanol–water partition coefficient (Wildman–Crippen LogP) is 1.56. The molecule has 2 amide bonds. The average molecular weight is 189 g/mol. The molecule has 0 aromatic rings. The molecule has 14 heavy (non-hydrogen) atoms. The molecule has 1 rings (SSSR count). The van der Waals surface area contributed by atoms with Crippen molar-refractivity contribution in [1.29, 1.82) is 0 Å². The summed E-state index contributed by atoms with van der Waals surface area (Å²) in [4.78, 5) is 23.5. The number of amides is 2. The van der Waals surface area contributed by atoms with E-state index in [4.69, 9.17) is 0 Å². The molecule has 0 N–H and O–H groups in total. The Labute approximate surface area is 82.7 Å². The first-order chi connectivity index (χ1) is 6.66. The van der Waals surface area contributed by atoms with Gasteiger partial charge in [-0.15, -0.1) is 0 Å². The molecule has 0 saturated carbocycles. The molecular weight excluding hydrogens is 178 g/mol. The minimum absolute atomic E-state index is 0.296. The largest absolute Gasteiger partial charge is 0.269 e. The van der Waals surface area contributed by atoms with Crippen LogP contribution >= 0.6 is 0 Å². The van der Waals surface area contributed by atoms with Crippen LogP contribution in [0.5, 0.6) is 0 Å². The molecule has 1 aliphatic heterocycles. The number of carbonyl (C=O) groups excluding carboxylic acids is 2. The van der Waals surface area contributed by atoms with Crippen LogP contribution in [0.2, 0.25) is 0 Å². The summed E-state index contributed by atoms with van der Waals surface area (Å²) in [5, 5.41) is 0. The van der Waals surface area contributed by atoms with E-state index in [0.717, 1.165) is 4.90 Å². The van der Waals surface area contributed by atoms with Crippen LogP contribution in [0.15, 0.2) is 48.7 Å². The van der Waals surface area contributed by atoms with Crippen LogP contribution in [0.4, 0.5) is 0 Å². The van der Waals surface area contributed by atoms with E-state index in [0.29, 0.717) is 5.70 Å². The number of hydrogen-bond donors (Lipinski definition) is 0. The van der Waals surface area contributed by atoms with Crippen molar-refractivity contribution in [3.63, 3.8) is 0 Å². The van der Waals surface area contributed by atoms with Gasteiger partial charge in [0, 0.05) is 17.8 Å². The summed E-state index contributed by atoms with van der Waals surface area (Å²) in [7, 11) is 0. The zero-order valence-corrected chi connectivity index (χ0v) is 7.93. The number of rotatable bonds is 3. The van der Waals surface area contributed by atoms with Crippen molar-refractivity contribution in [1.82, 2.24) is 4.90 Å². The maximum absolute atomic E-state index is 11.2. The Kier molecular flexibility index (Phi) is 3.18. The monoisotopic (exact) mass is 189 g/mol. The van der Waals surface area contributed by atoms with Gasteiger partial charge < -0.3 is 0 Å². The van der Waals surface area contributed by atoms with Crippen LogP contribution in [-0.4, -0.2) is 16.7 Å².